The Hall–Kier alpha value is -0.0900. The van der Waals surface area contributed by atoms with Gasteiger partial charge in [-0.1, -0.05) is 22.9 Å². The Morgan fingerprint density at radius 1 is 1.43 bits per heavy atom. The SMILES string of the molecule is CCC(Br)(CCN)C(=O)OC(C)(C)C. The summed E-state index contributed by atoms with van der Waals surface area (Å²) in [5.41, 5.74) is 5.01. The highest BCUT2D eigenvalue weighted by Gasteiger charge is 2.36. The van der Waals surface area contributed by atoms with Crippen molar-refractivity contribution in [1.82, 2.24) is 0 Å². The number of carbonyl (C=O) groups is 1. The molecule has 14 heavy (non-hydrogen) atoms. The van der Waals surface area contributed by atoms with Gasteiger partial charge in [-0.25, -0.2) is 0 Å². The molecule has 0 aliphatic carbocycles. The molecule has 0 bridgehead atoms. The first-order chi connectivity index (χ1) is 6.25. The first-order valence-electron chi connectivity index (χ1n) is 4.87. The van der Waals surface area contributed by atoms with Gasteiger partial charge in [0.05, 0.1) is 0 Å². The number of halogens is 1. The Labute approximate surface area is 94.5 Å². The average Bonchev–Trinajstić information content (AvgIpc) is 2.01. The number of hydrogen-bond donors (Lipinski definition) is 1. The van der Waals surface area contributed by atoms with Crippen LogP contribution in [-0.4, -0.2) is 22.4 Å². The van der Waals surface area contributed by atoms with E-state index in [4.69, 9.17) is 10.5 Å². The minimum Gasteiger partial charge on any atom is -0.459 e. The van der Waals surface area contributed by atoms with Crippen molar-refractivity contribution in [3.05, 3.63) is 0 Å². The molecule has 0 amide bonds. The van der Waals surface area contributed by atoms with E-state index in [0.717, 1.165) is 0 Å². The quantitative estimate of drug-likeness (QED) is 0.627. The molecule has 0 aromatic rings. The van der Waals surface area contributed by atoms with Gasteiger partial charge in [-0.05, 0) is 40.2 Å². The molecule has 0 radical (unpaired) electrons. The lowest BCUT2D eigenvalue weighted by molar-refractivity contribution is -0.157. The van der Waals surface area contributed by atoms with Gasteiger partial charge in [0.15, 0.2) is 0 Å². The topological polar surface area (TPSA) is 52.3 Å². The number of ether oxygens (including phenoxy) is 1. The molecule has 0 saturated carbocycles. The number of esters is 1. The number of rotatable bonds is 4. The Bertz CT molecular complexity index is 201. The van der Waals surface area contributed by atoms with Crippen LogP contribution >= 0.6 is 15.9 Å². The lowest BCUT2D eigenvalue weighted by Gasteiger charge is -2.28. The average molecular weight is 266 g/mol. The summed E-state index contributed by atoms with van der Waals surface area (Å²) in [4.78, 5) is 11.8. The molecule has 0 fully saturated rings. The highest BCUT2D eigenvalue weighted by atomic mass is 79.9. The van der Waals surface area contributed by atoms with Gasteiger partial charge >= 0.3 is 5.97 Å². The molecular formula is C10H20BrNO2. The minimum atomic E-state index is -0.616. The summed E-state index contributed by atoms with van der Waals surface area (Å²) in [6, 6.07) is 0. The van der Waals surface area contributed by atoms with Crippen LogP contribution < -0.4 is 5.73 Å². The van der Waals surface area contributed by atoms with Crippen LogP contribution in [0.4, 0.5) is 0 Å². The zero-order valence-electron chi connectivity index (χ0n) is 9.39. The fraction of sp³-hybridized carbons (Fsp3) is 0.900. The Kier molecular flexibility index (Phi) is 5.09. The van der Waals surface area contributed by atoms with Gasteiger partial charge in [-0.3, -0.25) is 4.79 Å². The molecule has 1 atom stereocenters. The number of alkyl halides is 1. The summed E-state index contributed by atoms with van der Waals surface area (Å²) in [6.45, 7) is 7.98. The lowest BCUT2D eigenvalue weighted by Crippen LogP contribution is -2.39. The molecule has 1 unspecified atom stereocenters. The smallest absolute Gasteiger partial charge is 0.323 e. The van der Waals surface area contributed by atoms with E-state index < -0.39 is 9.93 Å². The first kappa shape index (κ1) is 13.9. The summed E-state index contributed by atoms with van der Waals surface area (Å²) in [5, 5.41) is 0. The van der Waals surface area contributed by atoms with Crippen molar-refractivity contribution >= 4 is 21.9 Å². The molecule has 0 spiro atoms. The van der Waals surface area contributed by atoms with Crippen molar-refractivity contribution < 1.29 is 9.53 Å². The summed E-state index contributed by atoms with van der Waals surface area (Å²) in [7, 11) is 0. The molecule has 3 nitrogen and oxygen atoms in total. The number of hydrogen-bond acceptors (Lipinski definition) is 3. The van der Waals surface area contributed by atoms with Gasteiger partial charge in [0.2, 0.25) is 0 Å². The third kappa shape index (κ3) is 4.42. The van der Waals surface area contributed by atoms with Gasteiger partial charge in [0.1, 0.15) is 9.93 Å². The predicted molar refractivity (Wildman–Crippen MR) is 61.5 cm³/mol. The molecule has 0 aromatic heterocycles. The maximum atomic E-state index is 11.8. The predicted octanol–water partition coefficient (Wildman–Crippen LogP) is 2.22. The van der Waals surface area contributed by atoms with Crippen LogP contribution in [-0.2, 0) is 9.53 Å². The summed E-state index contributed by atoms with van der Waals surface area (Å²) >= 11 is 3.41. The molecule has 0 aliphatic heterocycles. The number of carbonyl (C=O) groups excluding carboxylic acids is 1. The second kappa shape index (κ2) is 5.12. The van der Waals surface area contributed by atoms with Crippen LogP contribution in [0.1, 0.15) is 40.5 Å². The summed E-state index contributed by atoms with van der Waals surface area (Å²) in [5.74, 6) is -0.224. The molecule has 0 rings (SSSR count). The van der Waals surface area contributed by atoms with Crippen LogP contribution in [0.3, 0.4) is 0 Å². The van der Waals surface area contributed by atoms with E-state index >= 15 is 0 Å². The maximum absolute atomic E-state index is 11.8. The van der Waals surface area contributed by atoms with Gasteiger partial charge in [0.25, 0.3) is 0 Å². The molecule has 0 aliphatic rings. The monoisotopic (exact) mass is 265 g/mol. The lowest BCUT2D eigenvalue weighted by atomic mass is 10.0. The van der Waals surface area contributed by atoms with Crippen molar-refractivity contribution in [2.24, 2.45) is 5.73 Å². The van der Waals surface area contributed by atoms with Crippen LogP contribution in [0.15, 0.2) is 0 Å². The molecule has 0 aromatic carbocycles. The van der Waals surface area contributed by atoms with E-state index in [1.165, 1.54) is 0 Å². The first-order valence-corrected chi connectivity index (χ1v) is 5.67. The van der Waals surface area contributed by atoms with Crippen LogP contribution in [0, 0.1) is 0 Å². The fourth-order valence-corrected chi connectivity index (χ4v) is 1.33. The van der Waals surface area contributed by atoms with Crippen molar-refractivity contribution in [1.29, 1.82) is 0 Å². The maximum Gasteiger partial charge on any atom is 0.323 e. The summed E-state index contributed by atoms with van der Waals surface area (Å²) in [6.07, 6.45) is 1.28. The van der Waals surface area contributed by atoms with Gasteiger partial charge in [-0.2, -0.15) is 0 Å². The highest BCUT2D eigenvalue weighted by Crippen LogP contribution is 2.29. The van der Waals surface area contributed by atoms with E-state index in [1.54, 1.807) is 0 Å². The zero-order chi connectivity index (χ0) is 11.4. The Morgan fingerprint density at radius 2 is 1.93 bits per heavy atom. The molecule has 0 heterocycles. The highest BCUT2D eigenvalue weighted by molar-refractivity contribution is 9.10. The van der Waals surface area contributed by atoms with Gasteiger partial charge in [-0.15, -0.1) is 0 Å². The second-order valence-corrected chi connectivity index (χ2v) is 5.88. The largest absolute Gasteiger partial charge is 0.459 e. The van der Waals surface area contributed by atoms with E-state index in [9.17, 15) is 4.79 Å². The van der Waals surface area contributed by atoms with Crippen molar-refractivity contribution in [2.75, 3.05) is 6.54 Å². The third-order valence-electron chi connectivity index (χ3n) is 1.87. The van der Waals surface area contributed by atoms with E-state index in [2.05, 4.69) is 15.9 Å². The molecule has 84 valence electrons. The van der Waals surface area contributed by atoms with Crippen LogP contribution in [0.25, 0.3) is 0 Å². The van der Waals surface area contributed by atoms with E-state index in [1.807, 2.05) is 27.7 Å². The fourth-order valence-electron chi connectivity index (χ4n) is 1.02. The van der Waals surface area contributed by atoms with Crippen molar-refractivity contribution in [2.45, 2.75) is 50.5 Å². The number of nitrogens with two attached hydrogens (primary N) is 1. The van der Waals surface area contributed by atoms with E-state index in [0.29, 0.717) is 19.4 Å². The van der Waals surface area contributed by atoms with Crippen molar-refractivity contribution in [3.63, 3.8) is 0 Å². The van der Waals surface area contributed by atoms with Crippen LogP contribution in [0.5, 0.6) is 0 Å². The van der Waals surface area contributed by atoms with Crippen molar-refractivity contribution in [3.8, 4) is 0 Å². The second-order valence-electron chi connectivity index (χ2n) is 4.36. The van der Waals surface area contributed by atoms with Gasteiger partial charge < -0.3 is 10.5 Å². The van der Waals surface area contributed by atoms with Gasteiger partial charge in [0, 0.05) is 0 Å². The Balaban J connectivity index is 4.46. The molecule has 4 heteroatoms. The minimum absolute atomic E-state index is 0.224. The molecule has 2 N–H and O–H groups in total. The zero-order valence-corrected chi connectivity index (χ0v) is 11.0. The third-order valence-corrected chi connectivity index (χ3v) is 3.15. The normalized spacial score (nSPS) is 16.1. The Morgan fingerprint density at radius 3 is 2.21 bits per heavy atom. The molecule has 0 saturated heterocycles. The summed E-state index contributed by atoms with van der Waals surface area (Å²) < 4.78 is 4.69. The van der Waals surface area contributed by atoms with Crippen LogP contribution in [0.2, 0.25) is 0 Å². The van der Waals surface area contributed by atoms with E-state index in [-0.39, 0.29) is 5.97 Å². The molecular weight excluding hydrogens is 246 g/mol. The standard InChI is InChI=1S/C10H20BrNO2/c1-5-10(11,6-7-12)8(13)14-9(2,3)4/h5-7,12H2,1-4H3.